The molecule has 2 aromatic rings. The lowest BCUT2D eigenvalue weighted by atomic mass is 10.1. The minimum atomic E-state index is -0.698. The average Bonchev–Trinajstić information content (AvgIpc) is 2.77. The van der Waals surface area contributed by atoms with Crippen LogP contribution in [0, 0.1) is 15.9 Å². The largest absolute Gasteiger partial charge is 0.441 e. The molecule has 0 spiro atoms. The number of rotatable bonds is 4. The number of nitrogens with zero attached hydrogens (tertiary/aromatic N) is 2. The van der Waals surface area contributed by atoms with Crippen LogP contribution in [0.5, 0.6) is 0 Å². The summed E-state index contributed by atoms with van der Waals surface area (Å²) < 4.78 is 18.6. The zero-order valence-corrected chi connectivity index (χ0v) is 9.30. The van der Waals surface area contributed by atoms with Gasteiger partial charge in [0.15, 0.2) is 11.7 Å². The van der Waals surface area contributed by atoms with Gasteiger partial charge in [0.1, 0.15) is 5.82 Å². The molecule has 0 amide bonds. The van der Waals surface area contributed by atoms with Gasteiger partial charge in [0, 0.05) is 24.6 Å². The van der Waals surface area contributed by atoms with E-state index in [4.69, 9.17) is 10.2 Å². The van der Waals surface area contributed by atoms with Crippen LogP contribution in [0.2, 0.25) is 0 Å². The van der Waals surface area contributed by atoms with Crippen LogP contribution < -0.4 is 5.73 Å². The first-order valence-electron chi connectivity index (χ1n) is 5.20. The molecule has 1 aromatic heterocycles. The molecule has 0 bridgehead atoms. The summed E-state index contributed by atoms with van der Waals surface area (Å²) in [4.78, 5) is 13.9. The molecule has 7 heteroatoms. The number of halogens is 1. The Hall–Kier alpha value is -2.28. The molecule has 2 rings (SSSR count). The van der Waals surface area contributed by atoms with E-state index < -0.39 is 10.7 Å². The SMILES string of the molecule is NCCc1ncc(-c2cc(F)cc([N+](=O)[O-])c2)o1. The summed E-state index contributed by atoms with van der Waals surface area (Å²) in [6, 6.07) is 3.23. The van der Waals surface area contributed by atoms with Gasteiger partial charge in [-0.3, -0.25) is 10.1 Å². The smallest absolute Gasteiger partial charge is 0.273 e. The predicted octanol–water partition coefficient (Wildman–Crippen LogP) is 1.89. The van der Waals surface area contributed by atoms with Gasteiger partial charge in [0.25, 0.3) is 5.69 Å². The van der Waals surface area contributed by atoms with Crippen molar-refractivity contribution in [2.45, 2.75) is 6.42 Å². The second kappa shape index (κ2) is 4.92. The molecular formula is C11H10FN3O3. The topological polar surface area (TPSA) is 95.2 Å². The summed E-state index contributed by atoms with van der Waals surface area (Å²) in [5, 5.41) is 10.6. The molecule has 0 unspecified atom stereocenters. The second-order valence-corrected chi connectivity index (χ2v) is 3.61. The average molecular weight is 251 g/mol. The minimum absolute atomic E-state index is 0.275. The lowest BCUT2D eigenvalue weighted by Crippen LogP contribution is -2.02. The molecule has 6 nitrogen and oxygen atoms in total. The summed E-state index contributed by atoms with van der Waals surface area (Å²) in [7, 11) is 0. The monoisotopic (exact) mass is 251 g/mol. The highest BCUT2D eigenvalue weighted by Crippen LogP contribution is 2.26. The van der Waals surface area contributed by atoms with E-state index in [1.807, 2.05) is 0 Å². The molecule has 1 aromatic carbocycles. The van der Waals surface area contributed by atoms with Crippen molar-refractivity contribution in [1.29, 1.82) is 0 Å². The standard InChI is InChI=1S/C11H10FN3O3/c12-8-3-7(4-9(5-8)15(16)17)10-6-14-11(18-10)1-2-13/h3-6H,1-2,13H2. The zero-order chi connectivity index (χ0) is 13.1. The number of benzene rings is 1. The normalized spacial score (nSPS) is 10.6. The first kappa shape index (κ1) is 12.2. The number of hydrogen-bond donors (Lipinski definition) is 1. The van der Waals surface area contributed by atoms with E-state index in [1.165, 1.54) is 12.3 Å². The van der Waals surface area contributed by atoms with Crippen molar-refractivity contribution in [3.8, 4) is 11.3 Å². The van der Waals surface area contributed by atoms with Crippen molar-refractivity contribution in [3.05, 3.63) is 46.2 Å². The predicted molar refractivity (Wildman–Crippen MR) is 61.3 cm³/mol. The fourth-order valence-corrected chi connectivity index (χ4v) is 1.50. The number of nitrogens with two attached hydrogens (primary N) is 1. The van der Waals surface area contributed by atoms with Gasteiger partial charge in [-0.2, -0.15) is 0 Å². The molecule has 0 saturated heterocycles. The van der Waals surface area contributed by atoms with Gasteiger partial charge < -0.3 is 10.2 Å². The number of hydrogen-bond acceptors (Lipinski definition) is 5. The third-order valence-corrected chi connectivity index (χ3v) is 2.29. The van der Waals surface area contributed by atoms with Crippen molar-refractivity contribution in [2.75, 3.05) is 6.54 Å². The molecule has 94 valence electrons. The van der Waals surface area contributed by atoms with E-state index in [9.17, 15) is 14.5 Å². The molecular weight excluding hydrogens is 241 g/mol. The Bertz CT molecular complexity index is 583. The zero-order valence-electron chi connectivity index (χ0n) is 9.30. The van der Waals surface area contributed by atoms with Gasteiger partial charge in [0.2, 0.25) is 0 Å². The van der Waals surface area contributed by atoms with Crippen LogP contribution >= 0.6 is 0 Å². The van der Waals surface area contributed by atoms with Gasteiger partial charge in [-0.1, -0.05) is 0 Å². The van der Waals surface area contributed by atoms with Crippen molar-refractivity contribution >= 4 is 5.69 Å². The summed E-state index contributed by atoms with van der Waals surface area (Å²) in [5.41, 5.74) is 5.29. The van der Waals surface area contributed by atoms with Crippen LogP contribution in [0.15, 0.2) is 28.8 Å². The lowest BCUT2D eigenvalue weighted by molar-refractivity contribution is -0.385. The van der Waals surface area contributed by atoms with Crippen LogP contribution in [0.1, 0.15) is 5.89 Å². The molecule has 0 radical (unpaired) electrons. The molecule has 0 aliphatic carbocycles. The molecule has 0 fully saturated rings. The second-order valence-electron chi connectivity index (χ2n) is 3.61. The van der Waals surface area contributed by atoms with E-state index in [0.29, 0.717) is 18.9 Å². The Morgan fingerprint density at radius 3 is 2.89 bits per heavy atom. The molecule has 1 heterocycles. The number of nitro benzene ring substituents is 1. The Labute approximate surface area is 101 Å². The van der Waals surface area contributed by atoms with Crippen LogP contribution in [0.4, 0.5) is 10.1 Å². The number of nitro groups is 1. The third-order valence-electron chi connectivity index (χ3n) is 2.29. The highest BCUT2D eigenvalue weighted by Gasteiger charge is 2.13. The van der Waals surface area contributed by atoms with Crippen LogP contribution in [0.25, 0.3) is 11.3 Å². The third kappa shape index (κ3) is 2.51. The molecule has 0 aliphatic rings. The van der Waals surface area contributed by atoms with Gasteiger partial charge in [0.05, 0.1) is 17.2 Å². The van der Waals surface area contributed by atoms with Gasteiger partial charge in [-0.25, -0.2) is 9.37 Å². The van der Waals surface area contributed by atoms with E-state index >= 15 is 0 Å². The lowest BCUT2D eigenvalue weighted by Gasteiger charge is -1.98. The van der Waals surface area contributed by atoms with Gasteiger partial charge in [-0.05, 0) is 6.07 Å². The molecule has 0 aliphatic heterocycles. The van der Waals surface area contributed by atoms with Crippen molar-refractivity contribution in [1.82, 2.24) is 4.98 Å². The summed E-state index contributed by atoms with van der Waals surface area (Å²) >= 11 is 0. The van der Waals surface area contributed by atoms with Gasteiger partial charge >= 0.3 is 0 Å². The first-order chi connectivity index (χ1) is 8.60. The van der Waals surface area contributed by atoms with Crippen LogP contribution in [-0.4, -0.2) is 16.5 Å². The molecule has 18 heavy (non-hydrogen) atoms. The number of non-ortho nitro benzene ring substituents is 1. The highest BCUT2D eigenvalue weighted by molar-refractivity contribution is 5.60. The molecule has 0 saturated carbocycles. The first-order valence-corrected chi connectivity index (χ1v) is 5.20. The van der Waals surface area contributed by atoms with Crippen LogP contribution in [-0.2, 0) is 6.42 Å². The summed E-state index contributed by atoms with van der Waals surface area (Å²) in [6.07, 6.45) is 1.85. The van der Waals surface area contributed by atoms with E-state index in [0.717, 1.165) is 12.1 Å². The Morgan fingerprint density at radius 1 is 1.44 bits per heavy atom. The maximum absolute atomic E-state index is 13.2. The fraction of sp³-hybridized carbons (Fsp3) is 0.182. The Balaban J connectivity index is 2.39. The Morgan fingerprint density at radius 2 is 2.22 bits per heavy atom. The van der Waals surface area contributed by atoms with Crippen molar-refractivity contribution < 1.29 is 13.7 Å². The van der Waals surface area contributed by atoms with Crippen molar-refractivity contribution in [2.24, 2.45) is 5.73 Å². The van der Waals surface area contributed by atoms with E-state index in [1.54, 1.807) is 0 Å². The fourth-order valence-electron chi connectivity index (χ4n) is 1.50. The van der Waals surface area contributed by atoms with Crippen LogP contribution in [0.3, 0.4) is 0 Å². The maximum Gasteiger partial charge on any atom is 0.273 e. The quantitative estimate of drug-likeness (QED) is 0.661. The molecule has 2 N–H and O–H groups in total. The summed E-state index contributed by atoms with van der Waals surface area (Å²) in [5.74, 6) is -0.00330. The maximum atomic E-state index is 13.2. The highest BCUT2D eigenvalue weighted by atomic mass is 19.1. The van der Waals surface area contributed by atoms with Gasteiger partial charge in [-0.15, -0.1) is 0 Å². The molecule has 0 atom stereocenters. The Kier molecular flexibility index (Phi) is 3.33. The summed E-state index contributed by atoms with van der Waals surface area (Å²) in [6.45, 7) is 0.378. The minimum Gasteiger partial charge on any atom is -0.441 e. The van der Waals surface area contributed by atoms with E-state index in [-0.39, 0.29) is 17.0 Å². The number of oxazole rings is 1. The van der Waals surface area contributed by atoms with E-state index in [2.05, 4.69) is 4.98 Å². The number of aromatic nitrogens is 1. The van der Waals surface area contributed by atoms with Crippen molar-refractivity contribution in [3.63, 3.8) is 0 Å².